The lowest BCUT2D eigenvalue weighted by Crippen LogP contribution is -2.49. The highest BCUT2D eigenvalue weighted by Gasteiger charge is 2.30. The molecule has 0 bridgehead atoms. The van der Waals surface area contributed by atoms with Gasteiger partial charge in [0.05, 0.1) is 11.3 Å². The highest BCUT2D eigenvalue weighted by molar-refractivity contribution is 6.05. The van der Waals surface area contributed by atoms with Gasteiger partial charge in [-0.3, -0.25) is 9.78 Å². The monoisotopic (exact) mass is 364 g/mol. The van der Waals surface area contributed by atoms with Crippen molar-refractivity contribution in [1.82, 2.24) is 10.3 Å². The van der Waals surface area contributed by atoms with Crippen LogP contribution in [-0.4, -0.2) is 27.5 Å². The van der Waals surface area contributed by atoms with Crippen molar-refractivity contribution in [1.29, 1.82) is 0 Å². The first-order valence-corrected chi connectivity index (χ1v) is 8.49. The van der Waals surface area contributed by atoms with Gasteiger partial charge in [-0.1, -0.05) is 36.4 Å². The summed E-state index contributed by atoms with van der Waals surface area (Å²) in [7, 11) is 0. The van der Waals surface area contributed by atoms with Crippen LogP contribution in [0.15, 0.2) is 60.8 Å². The SMILES string of the molecule is CC(C)(NC(=O)c1ccc2ccccc2c1OCc1ccccn1)C(=O)O. The van der Waals surface area contributed by atoms with Crippen molar-refractivity contribution in [3.05, 3.63) is 72.1 Å². The fraction of sp³-hybridized carbons (Fsp3) is 0.190. The second kappa shape index (κ2) is 7.45. The van der Waals surface area contributed by atoms with Crippen LogP contribution in [0.3, 0.4) is 0 Å². The highest BCUT2D eigenvalue weighted by atomic mass is 16.5. The third-order valence-corrected chi connectivity index (χ3v) is 4.18. The largest absolute Gasteiger partial charge is 0.486 e. The minimum atomic E-state index is -1.40. The molecule has 0 spiro atoms. The number of hydrogen-bond donors (Lipinski definition) is 2. The zero-order valence-corrected chi connectivity index (χ0v) is 15.1. The number of carboxylic acid groups (broad SMARTS) is 1. The average molecular weight is 364 g/mol. The van der Waals surface area contributed by atoms with E-state index in [1.54, 1.807) is 12.3 Å². The van der Waals surface area contributed by atoms with Crippen molar-refractivity contribution < 1.29 is 19.4 Å². The number of fused-ring (bicyclic) bond motifs is 1. The van der Waals surface area contributed by atoms with E-state index in [1.165, 1.54) is 13.8 Å². The summed E-state index contributed by atoms with van der Waals surface area (Å²) >= 11 is 0. The van der Waals surface area contributed by atoms with Gasteiger partial charge in [0.25, 0.3) is 5.91 Å². The number of carbonyl (C=O) groups excluding carboxylic acids is 1. The quantitative estimate of drug-likeness (QED) is 0.700. The zero-order chi connectivity index (χ0) is 19.4. The molecule has 3 rings (SSSR count). The molecule has 0 radical (unpaired) electrons. The van der Waals surface area contributed by atoms with Gasteiger partial charge in [-0.05, 0) is 37.4 Å². The van der Waals surface area contributed by atoms with Crippen molar-refractivity contribution in [3.63, 3.8) is 0 Å². The summed E-state index contributed by atoms with van der Waals surface area (Å²) in [6.45, 7) is 3.06. The van der Waals surface area contributed by atoms with E-state index in [0.717, 1.165) is 16.5 Å². The van der Waals surface area contributed by atoms with Crippen LogP contribution in [0, 0.1) is 0 Å². The summed E-state index contributed by atoms with van der Waals surface area (Å²) in [6, 6.07) is 16.5. The molecule has 0 aliphatic heterocycles. The molecule has 6 nitrogen and oxygen atoms in total. The van der Waals surface area contributed by atoms with E-state index in [1.807, 2.05) is 48.5 Å². The van der Waals surface area contributed by atoms with E-state index >= 15 is 0 Å². The maximum absolute atomic E-state index is 12.8. The van der Waals surface area contributed by atoms with Crippen LogP contribution >= 0.6 is 0 Å². The van der Waals surface area contributed by atoms with Crippen molar-refractivity contribution in [2.24, 2.45) is 0 Å². The molecule has 2 aromatic carbocycles. The zero-order valence-electron chi connectivity index (χ0n) is 15.1. The summed E-state index contributed by atoms with van der Waals surface area (Å²) in [4.78, 5) is 28.3. The number of amides is 1. The minimum absolute atomic E-state index is 0.192. The molecule has 0 aliphatic carbocycles. The third kappa shape index (κ3) is 4.06. The number of aromatic nitrogens is 1. The maximum Gasteiger partial charge on any atom is 0.328 e. The normalized spacial score (nSPS) is 11.2. The van der Waals surface area contributed by atoms with E-state index in [0.29, 0.717) is 5.75 Å². The molecule has 6 heteroatoms. The number of pyridine rings is 1. The van der Waals surface area contributed by atoms with Crippen LogP contribution in [0.25, 0.3) is 10.8 Å². The Morgan fingerprint density at radius 3 is 2.52 bits per heavy atom. The summed E-state index contributed by atoms with van der Waals surface area (Å²) in [5.74, 6) is -1.23. The Balaban J connectivity index is 1.99. The molecule has 2 N–H and O–H groups in total. The Bertz CT molecular complexity index is 984. The number of carbonyl (C=O) groups is 2. The number of nitrogens with one attached hydrogen (secondary N) is 1. The lowest BCUT2D eigenvalue weighted by Gasteiger charge is -2.22. The van der Waals surface area contributed by atoms with Crippen molar-refractivity contribution in [2.75, 3.05) is 0 Å². The summed E-state index contributed by atoms with van der Waals surface area (Å²) in [6.07, 6.45) is 1.67. The lowest BCUT2D eigenvalue weighted by atomic mass is 10.0. The lowest BCUT2D eigenvalue weighted by molar-refractivity contribution is -0.143. The van der Waals surface area contributed by atoms with Gasteiger partial charge in [-0.25, -0.2) is 4.79 Å². The van der Waals surface area contributed by atoms with Crippen LogP contribution < -0.4 is 10.1 Å². The Hall–Kier alpha value is -3.41. The molecule has 1 aromatic heterocycles. The predicted octanol–water partition coefficient (Wildman–Crippen LogP) is 3.41. The molecular formula is C21H20N2O4. The Morgan fingerprint density at radius 1 is 1.07 bits per heavy atom. The first kappa shape index (κ1) is 18.4. The van der Waals surface area contributed by atoms with Gasteiger partial charge in [-0.15, -0.1) is 0 Å². The van der Waals surface area contributed by atoms with Crippen LogP contribution in [0.2, 0.25) is 0 Å². The average Bonchev–Trinajstić information content (AvgIpc) is 2.66. The van der Waals surface area contributed by atoms with Gasteiger partial charge in [0.2, 0.25) is 0 Å². The molecule has 0 saturated carbocycles. The van der Waals surface area contributed by atoms with Crippen LogP contribution in [0.5, 0.6) is 5.75 Å². The van der Waals surface area contributed by atoms with E-state index in [9.17, 15) is 14.7 Å². The molecule has 138 valence electrons. The van der Waals surface area contributed by atoms with Crippen molar-refractivity contribution in [3.8, 4) is 5.75 Å². The summed E-state index contributed by atoms with van der Waals surface area (Å²) in [5, 5.41) is 13.5. The number of carboxylic acids is 1. The molecule has 27 heavy (non-hydrogen) atoms. The number of rotatable bonds is 6. The second-order valence-electron chi connectivity index (χ2n) is 6.66. The number of nitrogens with zero attached hydrogens (tertiary/aromatic N) is 1. The summed E-state index contributed by atoms with van der Waals surface area (Å²) < 4.78 is 5.96. The molecule has 0 atom stereocenters. The fourth-order valence-corrected chi connectivity index (χ4v) is 2.61. The fourth-order valence-electron chi connectivity index (χ4n) is 2.61. The second-order valence-corrected chi connectivity index (χ2v) is 6.66. The predicted molar refractivity (Wildman–Crippen MR) is 102 cm³/mol. The topological polar surface area (TPSA) is 88.5 Å². The van der Waals surface area contributed by atoms with Gasteiger partial charge < -0.3 is 15.2 Å². The Morgan fingerprint density at radius 2 is 1.81 bits per heavy atom. The van der Waals surface area contributed by atoms with E-state index in [4.69, 9.17) is 4.74 Å². The van der Waals surface area contributed by atoms with E-state index in [-0.39, 0.29) is 12.2 Å². The molecular weight excluding hydrogens is 344 g/mol. The van der Waals surface area contributed by atoms with Crippen LogP contribution in [0.4, 0.5) is 0 Å². The van der Waals surface area contributed by atoms with Gasteiger partial charge in [-0.2, -0.15) is 0 Å². The van der Waals surface area contributed by atoms with Gasteiger partial charge in [0.1, 0.15) is 17.9 Å². The van der Waals surface area contributed by atoms with Gasteiger partial charge in [0, 0.05) is 11.6 Å². The number of ether oxygens (including phenoxy) is 1. The Labute approximate surface area is 156 Å². The van der Waals surface area contributed by atoms with E-state index < -0.39 is 17.4 Å². The van der Waals surface area contributed by atoms with Gasteiger partial charge >= 0.3 is 5.97 Å². The Kier molecular flexibility index (Phi) is 5.07. The number of benzene rings is 2. The molecule has 0 unspecified atom stereocenters. The minimum Gasteiger partial charge on any atom is -0.486 e. The third-order valence-electron chi connectivity index (χ3n) is 4.18. The molecule has 1 heterocycles. The molecule has 0 aliphatic rings. The molecule has 3 aromatic rings. The summed E-state index contributed by atoms with van der Waals surface area (Å²) in [5.41, 5.74) is -0.400. The molecule has 1 amide bonds. The number of hydrogen-bond acceptors (Lipinski definition) is 4. The number of aliphatic carboxylic acids is 1. The molecule has 0 fully saturated rings. The van der Waals surface area contributed by atoms with Crippen molar-refractivity contribution >= 4 is 22.6 Å². The highest BCUT2D eigenvalue weighted by Crippen LogP contribution is 2.31. The first-order chi connectivity index (χ1) is 12.9. The van der Waals surface area contributed by atoms with Crippen LogP contribution in [-0.2, 0) is 11.4 Å². The first-order valence-electron chi connectivity index (χ1n) is 8.49. The smallest absolute Gasteiger partial charge is 0.328 e. The van der Waals surface area contributed by atoms with Crippen molar-refractivity contribution in [2.45, 2.75) is 26.0 Å². The molecule has 0 saturated heterocycles. The standard InChI is InChI=1S/C21H20N2O4/c1-21(2,20(25)26)23-19(24)17-11-10-14-7-3-4-9-16(14)18(17)27-13-15-8-5-6-12-22-15/h3-12H,13H2,1-2H3,(H,23,24)(H,25,26). The van der Waals surface area contributed by atoms with E-state index in [2.05, 4.69) is 10.3 Å². The maximum atomic E-state index is 12.8. The van der Waals surface area contributed by atoms with Gasteiger partial charge in [0.15, 0.2) is 0 Å². The van der Waals surface area contributed by atoms with Crippen LogP contribution in [0.1, 0.15) is 29.9 Å².